The first-order valence-electron chi connectivity index (χ1n) is 9.28. The topological polar surface area (TPSA) is 132 Å². The number of ether oxygens (including phenoxy) is 2. The van der Waals surface area contributed by atoms with Gasteiger partial charge in [0, 0.05) is 24.7 Å². The summed E-state index contributed by atoms with van der Waals surface area (Å²) in [6.45, 7) is 0.176. The number of nitrogens with one attached hydrogen (secondary N) is 1. The van der Waals surface area contributed by atoms with E-state index in [4.69, 9.17) is 0 Å². The third-order valence-corrected chi connectivity index (χ3v) is 7.34. The van der Waals surface area contributed by atoms with E-state index in [1.807, 2.05) is 0 Å². The van der Waals surface area contributed by atoms with Gasteiger partial charge in [0.2, 0.25) is 15.9 Å². The molecule has 0 aliphatic carbocycles. The highest BCUT2D eigenvalue weighted by Crippen LogP contribution is 2.27. The second-order valence-corrected chi connectivity index (χ2v) is 9.59. The Balaban J connectivity index is 1.88. The zero-order valence-electron chi connectivity index (χ0n) is 16.9. The molecule has 1 N–H and O–H groups in total. The first-order valence-corrected chi connectivity index (χ1v) is 11.6. The molecule has 0 spiro atoms. The Kier molecular flexibility index (Phi) is 7.03. The van der Waals surface area contributed by atoms with Crippen LogP contribution >= 0.6 is 11.3 Å². The number of rotatable bonds is 6. The molecule has 10 nitrogen and oxygen atoms in total. The van der Waals surface area contributed by atoms with Crippen LogP contribution < -0.4 is 5.32 Å². The number of thiazole rings is 1. The number of piperidine rings is 1. The molecule has 1 aliphatic rings. The molecule has 2 aromatic rings. The molecule has 1 amide bonds. The number of carbonyl (C=O) groups is 3. The molecule has 2 heterocycles. The zero-order chi connectivity index (χ0) is 22.6. The smallest absolute Gasteiger partial charge is 0.337 e. The number of sulfonamides is 1. The van der Waals surface area contributed by atoms with E-state index in [1.165, 1.54) is 21.7 Å². The van der Waals surface area contributed by atoms with Gasteiger partial charge in [-0.15, -0.1) is 11.3 Å². The third-order valence-electron chi connectivity index (χ3n) is 4.80. The van der Waals surface area contributed by atoms with Gasteiger partial charge in [-0.2, -0.15) is 4.31 Å². The molecule has 1 saturated heterocycles. The lowest BCUT2D eigenvalue weighted by atomic mass is 9.99. The van der Waals surface area contributed by atoms with Gasteiger partial charge >= 0.3 is 11.9 Å². The van der Waals surface area contributed by atoms with Gasteiger partial charge in [0.25, 0.3) is 0 Å². The summed E-state index contributed by atoms with van der Waals surface area (Å²) in [5.41, 5.74) is -0.196. The van der Waals surface area contributed by atoms with Gasteiger partial charge in [-0.25, -0.2) is 23.0 Å². The minimum absolute atomic E-state index is 0.0322. The van der Waals surface area contributed by atoms with Gasteiger partial charge in [-0.05, 0) is 31.0 Å². The van der Waals surface area contributed by atoms with Crippen LogP contribution in [-0.4, -0.2) is 62.9 Å². The maximum absolute atomic E-state index is 13.3. The highest BCUT2D eigenvalue weighted by molar-refractivity contribution is 7.89. The minimum atomic E-state index is -4.09. The van der Waals surface area contributed by atoms with Crippen LogP contribution in [0.3, 0.4) is 0 Å². The van der Waals surface area contributed by atoms with Crippen LogP contribution in [0.25, 0.3) is 0 Å². The van der Waals surface area contributed by atoms with Crippen LogP contribution in [0, 0.1) is 5.92 Å². The lowest BCUT2D eigenvalue weighted by Gasteiger charge is -2.31. The van der Waals surface area contributed by atoms with Crippen molar-refractivity contribution in [3.8, 4) is 0 Å². The molecule has 0 bridgehead atoms. The lowest BCUT2D eigenvalue weighted by Crippen LogP contribution is -2.43. The van der Waals surface area contributed by atoms with Crippen molar-refractivity contribution in [3.05, 3.63) is 40.9 Å². The third kappa shape index (κ3) is 5.09. The molecular weight excluding hydrogens is 446 g/mol. The lowest BCUT2D eigenvalue weighted by molar-refractivity contribution is -0.120. The molecule has 0 radical (unpaired) electrons. The summed E-state index contributed by atoms with van der Waals surface area (Å²) in [6, 6.07) is 3.50. The molecule has 1 aromatic heterocycles. The Morgan fingerprint density at radius 3 is 2.32 bits per heavy atom. The molecule has 1 aromatic carbocycles. The van der Waals surface area contributed by atoms with Gasteiger partial charge in [-0.1, -0.05) is 0 Å². The van der Waals surface area contributed by atoms with E-state index >= 15 is 0 Å². The Morgan fingerprint density at radius 1 is 1.13 bits per heavy atom. The largest absolute Gasteiger partial charge is 0.465 e. The fraction of sp³-hybridized carbons (Fsp3) is 0.368. The summed E-state index contributed by atoms with van der Waals surface area (Å²) in [5.74, 6) is -2.45. The Hall–Kier alpha value is -2.83. The van der Waals surface area contributed by atoms with Crippen molar-refractivity contribution < 1.29 is 32.3 Å². The number of hydrogen-bond acceptors (Lipinski definition) is 9. The zero-order valence-corrected chi connectivity index (χ0v) is 18.5. The van der Waals surface area contributed by atoms with Crippen LogP contribution in [-0.2, 0) is 24.3 Å². The normalized spacial score (nSPS) is 17.0. The average Bonchev–Trinajstić information content (AvgIpc) is 3.30. The predicted octanol–water partition coefficient (Wildman–Crippen LogP) is 1.76. The Morgan fingerprint density at radius 2 is 1.77 bits per heavy atom. The molecule has 31 heavy (non-hydrogen) atoms. The van der Waals surface area contributed by atoms with Crippen LogP contribution in [0.1, 0.15) is 33.6 Å². The molecule has 1 unspecified atom stereocenters. The van der Waals surface area contributed by atoms with Crippen LogP contribution in [0.15, 0.2) is 34.7 Å². The summed E-state index contributed by atoms with van der Waals surface area (Å²) in [7, 11) is -1.79. The summed E-state index contributed by atoms with van der Waals surface area (Å²) in [6.07, 6.45) is 2.57. The highest BCUT2D eigenvalue weighted by Gasteiger charge is 2.34. The van der Waals surface area contributed by atoms with Gasteiger partial charge < -0.3 is 14.8 Å². The SMILES string of the molecule is COC(=O)c1cc(C(=O)OC)cc(S(=O)(=O)N2CCCC(C(=O)Nc3nccs3)C2)c1. The number of esters is 2. The predicted molar refractivity (Wildman–Crippen MR) is 111 cm³/mol. The van der Waals surface area contributed by atoms with Crippen LogP contribution in [0.4, 0.5) is 5.13 Å². The van der Waals surface area contributed by atoms with Crippen molar-refractivity contribution in [1.29, 1.82) is 0 Å². The van der Waals surface area contributed by atoms with Crippen molar-refractivity contribution in [3.63, 3.8) is 0 Å². The van der Waals surface area contributed by atoms with Gasteiger partial charge in [-0.3, -0.25) is 4.79 Å². The minimum Gasteiger partial charge on any atom is -0.465 e. The first-order chi connectivity index (χ1) is 14.8. The maximum atomic E-state index is 13.3. The van der Waals surface area contributed by atoms with Gasteiger partial charge in [0.15, 0.2) is 5.13 Å². The van der Waals surface area contributed by atoms with E-state index in [2.05, 4.69) is 19.8 Å². The fourth-order valence-electron chi connectivity index (χ4n) is 3.24. The number of carbonyl (C=O) groups excluding carboxylic acids is 3. The van der Waals surface area contributed by atoms with Crippen molar-refractivity contribution in [2.24, 2.45) is 5.92 Å². The maximum Gasteiger partial charge on any atom is 0.337 e. The number of methoxy groups -OCH3 is 2. The van der Waals surface area contributed by atoms with Crippen molar-refractivity contribution in [1.82, 2.24) is 9.29 Å². The molecular formula is C19H21N3O7S2. The number of anilines is 1. The summed E-state index contributed by atoms with van der Waals surface area (Å²) < 4.78 is 37.1. The van der Waals surface area contributed by atoms with Crippen LogP contribution in [0.5, 0.6) is 0 Å². The fourth-order valence-corrected chi connectivity index (χ4v) is 5.36. The summed E-state index contributed by atoms with van der Waals surface area (Å²) in [4.78, 5) is 40.3. The van der Waals surface area contributed by atoms with E-state index in [0.29, 0.717) is 18.0 Å². The molecule has 1 aliphatic heterocycles. The second kappa shape index (κ2) is 9.54. The molecule has 12 heteroatoms. The van der Waals surface area contributed by atoms with Crippen molar-refractivity contribution in [2.45, 2.75) is 17.7 Å². The molecule has 1 atom stereocenters. The number of aromatic nitrogens is 1. The second-order valence-electron chi connectivity index (χ2n) is 6.76. The number of nitrogens with zero attached hydrogens (tertiary/aromatic N) is 2. The standard InChI is InChI=1S/C19H21N3O7S2/c1-28-17(24)13-8-14(18(25)29-2)10-15(9-13)31(26,27)22-6-3-4-12(11-22)16(23)21-19-20-5-7-30-19/h5,7-10,12H,3-4,6,11H2,1-2H3,(H,20,21,23). The van der Waals surface area contributed by atoms with Crippen molar-refractivity contribution in [2.75, 3.05) is 32.6 Å². The number of amides is 1. The van der Waals surface area contributed by atoms with Gasteiger partial charge in [0.1, 0.15) is 0 Å². The Labute approximate surface area is 183 Å². The monoisotopic (exact) mass is 467 g/mol. The molecule has 0 saturated carbocycles. The molecule has 3 rings (SSSR count). The first kappa shape index (κ1) is 22.8. The number of hydrogen-bond donors (Lipinski definition) is 1. The number of benzene rings is 1. The van der Waals surface area contributed by atoms with E-state index < -0.39 is 27.9 Å². The Bertz CT molecular complexity index is 1050. The molecule has 1 fully saturated rings. The van der Waals surface area contributed by atoms with E-state index in [9.17, 15) is 22.8 Å². The van der Waals surface area contributed by atoms with E-state index in [-0.39, 0.29) is 35.0 Å². The summed E-state index contributed by atoms with van der Waals surface area (Å²) in [5, 5.41) is 4.86. The highest BCUT2D eigenvalue weighted by atomic mass is 32.2. The van der Waals surface area contributed by atoms with Crippen molar-refractivity contribution >= 4 is 44.3 Å². The van der Waals surface area contributed by atoms with Crippen LogP contribution in [0.2, 0.25) is 0 Å². The quantitative estimate of drug-likeness (QED) is 0.636. The average molecular weight is 468 g/mol. The van der Waals surface area contributed by atoms with Gasteiger partial charge in [0.05, 0.1) is 36.2 Å². The van der Waals surface area contributed by atoms with E-state index in [0.717, 1.165) is 26.4 Å². The van der Waals surface area contributed by atoms with E-state index in [1.54, 1.807) is 11.6 Å². The molecule has 166 valence electrons. The summed E-state index contributed by atoms with van der Waals surface area (Å²) >= 11 is 1.27.